The van der Waals surface area contributed by atoms with E-state index in [9.17, 15) is 34.5 Å². The lowest BCUT2D eigenvalue weighted by Gasteiger charge is -2.47. The topological polar surface area (TPSA) is 186 Å². The number of carboxylic acid groups (broad SMARTS) is 1. The Labute approximate surface area is 326 Å². The zero-order valence-corrected chi connectivity index (χ0v) is 34.1. The SMILES string of the molecule is CCCCCCCCCCCCCCCCCC(=O)N(CCCCCCCCCCCC)[C@@H]1O[C@H](CO)[C@@H](O)[C@H](O)[C@H]1NC(=O)CNC(=O)CCC(=O)O. The molecular weight excluding hydrogens is 690 g/mol. The van der Waals surface area contributed by atoms with Crippen LogP contribution in [-0.2, 0) is 23.9 Å². The molecular formula is C42H79N3O9. The van der Waals surface area contributed by atoms with Crippen LogP contribution in [0.1, 0.15) is 194 Å². The van der Waals surface area contributed by atoms with Crippen LogP contribution in [0.25, 0.3) is 0 Å². The van der Waals surface area contributed by atoms with Crippen LogP contribution in [0.5, 0.6) is 0 Å². The number of carboxylic acids is 1. The molecule has 316 valence electrons. The van der Waals surface area contributed by atoms with E-state index >= 15 is 0 Å². The first-order chi connectivity index (χ1) is 26.2. The molecule has 12 heteroatoms. The van der Waals surface area contributed by atoms with Gasteiger partial charge >= 0.3 is 5.97 Å². The lowest BCUT2D eigenvalue weighted by Crippen LogP contribution is -2.69. The average Bonchev–Trinajstić information content (AvgIpc) is 3.16. The number of nitrogens with one attached hydrogen (secondary N) is 2. The molecule has 0 aromatic carbocycles. The minimum Gasteiger partial charge on any atom is -0.481 e. The van der Waals surface area contributed by atoms with Gasteiger partial charge in [-0.15, -0.1) is 0 Å². The number of ether oxygens (including phenoxy) is 1. The number of aliphatic hydroxyl groups excluding tert-OH is 3. The van der Waals surface area contributed by atoms with Gasteiger partial charge in [0, 0.05) is 19.4 Å². The second-order valence-electron chi connectivity index (χ2n) is 15.5. The molecule has 1 aliphatic rings. The van der Waals surface area contributed by atoms with Crippen molar-refractivity contribution in [1.82, 2.24) is 15.5 Å². The largest absolute Gasteiger partial charge is 0.481 e. The number of rotatable bonds is 35. The van der Waals surface area contributed by atoms with Gasteiger partial charge in [-0.05, 0) is 12.8 Å². The van der Waals surface area contributed by atoms with Crippen LogP contribution < -0.4 is 10.6 Å². The molecule has 1 rings (SSSR count). The van der Waals surface area contributed by atoms with Crippen molar-refractivity contribution in [1.29, 1.82) is 0 Å². The van der Waals surface area contributed by atoms with Crippen LogP contribution in [-0.4, -0.2) is 99.3 Å². The van der Waals surface area contributed by atoms with E-state index < -0.39 is 61.5 Å². The van der Waals surface area contributed by atoms with E-state index in [1.54, 1.807) is 4.90 Å². The summed E-state index contributed by atoms with van der Waals surface area (Å²) in [6.07, 6.45) is 23.7. The highest BCUT2D eigenvalue weighted by Gasteiger charge is 2.48. The van der Waals surface area contributed by atoms with Gasteiger partial charge in [0.15, 0.2) is 6.23 Å². The standard InChI is InChI=1S/C42H79N3O9/c1-3-5-7-9-11-13-15-16-17-18-19-20-22-24-26-28-37(49)45(31-27-25-23-21-14-12-10-8-6-4-2)42-39(41(53)40(52)34(33-46)54-42)44-36(48)32-43-35(47)29-30-38(50)51/h34,39-42,46,52-53H,3-33H2,1-2H3,(H,43,47)(H,44,48)(H,50,51)/t34-,39-,40-,41-,42-/m1/s1. The maximum Gasteiger partial charge on any atom is 0.303 e. The summed E-state index contributed by atoms with van der Waals surface area (Å²) in [4.78, 5) is 51.1. The van der Waals surface area contributed by atoms with E-state index in [2.05, 4.69) is 24.5 Å². The molecule has 3 amide bonds. The number of hydrogen-bond donors (Lipinski definition) is 6. The van der Waals surface area contributed by atoms with Crippen LogP contribution in [0, 0.1) is 0 Å². The number of hydrogen-bond acceptors (Lipinski definition) is 8. The summed E-state index contributed by atoms with van der Waals surface area (Å²) in [5, 5.41) is 45.6. The number of aliphatic hydroxyl groups is 3. The van der Waals surface area contributed by atoms with E-state index in [4.69, 9.17) is 9.84 Å². The van der Waals surface area contributed by atoms with Crippen LogP contribution in [0.2, 0.25) is 0 Å². The van der Waals surface area contributed by atoms with Gasteiger partial charge in [0.25, 0.3) is 0 Å². The summed E-state index contributed by atoms with van der Waals surface area (Å²) >= 11 is 0. The first kappa shape index (κ1) is 49.7. The molecule has 5 atom stereocenters. The molecule has 1 heterocycles. The van der Waals surface area contributed by atoms with Crippen molar-refractivity contribution in [2.24, 2.45) is 0 Å². The van der Waals surface area contributed by atoms with E-state index in [0.717, 1.165) is 38.5 Å². The second-order valence-corrected chi connectivity index (χ2v) is 15.5. The highest BCUT2D eigenvalue weighted by molar-refractivity contribution is 5.86. The molecule has 0 unspecified atom stereocenters. The molecule has 54 heavy (non-hydrogen) atoms. The summed E-state index contributed by atoms with van der Waals surface area (Å²) in [5.41, 5.74) is 0. The van der Waals surface area contributed by atoms with E-state index in [-0.39, 0.29) is 25.2 Å². The first-order valence-electron chi connectivity index (χ1n) is 21.9. The summed E-state index contributed by atoms with van der Waals surface area (Å²) in [6, 6.07) is -1.22. The third-order valence-electron chi connectivity index (χ3n) is 10.6. The molecule has 0 aromatic heterocycles. The Balaban J connectivity index is 2.75. The van der Waals surface area contributed by atoms with Crippen molar-refractivity contribution in [2.75, 3.05) is 19.7 Å². The first-order valence-corrected chi connectivity index (χ1v) is 21.9. The third-order valence-corrected chi connectivity index (χ3v) is 10.6. The van der Waals surface area contributed by atoms with Gasteiger partial charge in [-0.25, -0.2) is 0 Å². The molecule has 0 aliphatic carbocycles. The van der Waals surface area contributed by atoms with E-state index in [1.807, 2.05) is 0 Å². The van der Waals surface area contributed by atoms with Gasteiger partial charge in [-0.2, -0.15) is 0 Å². The Bertz CT molecular complexity index is 985. The van der Waals surface area contributed by atoms with Crippen LogP contribution in [0.15, 0.2) is 0 Å². The van der Waals surface area contributed by atoms with Crippen molar-refractivity contribution in [3.63, 3.8) is 0 Å². The van der Waals surface area contributed by atoms with Crippen molar-refractivity contribution < 1.29 is 44.3 Å². The second kappa shape index (κ2) is 32.9. The van der Waals surface area contributed by atoms with Crippen molar-refractivity contribution in [3.8, 4) is 0 Å². The van der Waals surface area contributed by atoms with Gasteiger partial charge in [0.2, 0.25) is 17.7 Å². The number of carbonyl (C=O) groups is 4. The van der Waals surface area contributed by atoms with Crippen molar-refractivity contribution in [3.05, 3.63) is 0 Å². The fourth-order valence-corrected chi connectivity index (χ4v) is 7.20. The predicted octanol–water partition coefficient (Wildman–Crippen LogP) is 6.90. The van der Waals surface area contributed by atoms with Crippen LogP contribution in [0.4, 0.5) is 0 Å². The molecule has 1 saturated heterocycles. The molecule has 0 saturated carbocycles. The minimum atomic E-state index is -1.55. The monoisotopic (exact) mass is 770 g/mol. The van der Waals surface area contributed by atoms with Crippen molar-refractivity contribution in [2.45, 2.75) is 224 Å². The van der Waals surface area contributed by atoms with Gasteiger partial charge in [-0.3, -0.25) is 19.2 Å². The maximum absolute atomic E-state index is 13.8. The predicted molar refractivity (Wildman–Crippen MR) is 213 cm³/mol. The summed E-state index contributed by atoms with van der Waals surface area (Å²) in [6.45, 7) is 3.72. The number of unbranched alkanes of at least 4 members (excludes halogenated alkanes) is 23. The van der Waals surface area contributed by atoms with Gasteiger partial charge in [0.1, 0.15) is 24.4 Å². The molecule has 1 aliphatic heterocycles. The Hall–Kier alpha value is -2.28. The molecule has 12 nitrogen and oxygen atoms in total. The van der Waals surface area contributed by atoms with Crippen LogP contribution >= 0.6 is 0 Å². The van der Waals surface area contributed by atoms with Gasteiger partial charge in [0.05, 0.1) is 19.6 Å². The lowest BCUT2D eigenvalue weighted by molar-refractivity contribution is -0.231. The summed E-state index contributed by atoms with van der Waals surface area (Å²) < 4.78 is 6.05. The van der Waals surface area contributed by atoms with E-state index in [1.165, 1.54) is 109 Å². The van der Waals surface area contributed by atoms with Gasteiger partial charge < -0.3 is 40.7 Å². The number of carbonyl (C=O) groups excluding carboxylic acids is 3. The zero-order valence-electron chi connectivity index (χ0n) is 34.1. The molecule has 0 spiro atoms. The highest BCUT2D eigenvalue weighted by atomic mass is 16.5. The Morgan fingerprint density at radius 2 is 1.02 bits per heavy atom. The van der Waals surface area contributed by atoms with Crippen molar-refractivity contribution >= 4 is 23.7 Å². The Morgan fingerprint density at radius 3 is 1.46 bits per heavy atom. The quantitative estimate of drug-likeness (QED) is 0.0373. The third kappa shape index (κ3) is 23.6. The van der Waals surface area contributed by atoms with Crippen LogP contribution in [0.3, 0.4) is 0 Å². The molecule has 0 bridgehead atoms. The summed E-state index contributed by atoms with van der Waals surface area (Å²) in [7, 11) is 0. The molecule has 1 fully saturated rings. The minimum absolute atomic E-state index is 0.174. The molecule has 0 radical (unpaired) electrons. The highest BCUT2D eigenvalue weighted by Crippen LogP contribution is 2.26. The Morgan fingerprint density at radius 1 is 0.574 bits per heavy atom. The molecule has 0 aromatic rings. The molecule has 6 N–H and O–H groups in total. The number of nitrogens with zero attached hydrogens (tertiary/aromatic N) is 1. The fraction of sp³-hybridized carbons (Fsp3) is 0.905. The summed E-state index contributed by atoms with van der Waals surface area (Å²) in [5.74, 6) is -2.62. The number of aliphatic carboxylic acids is 1. The fourth-order valence-electron chi connectivity index (χ4n) is 7.20. The zero-order chi connectivity index (χ0) is 39.8. The van der Waals surface area contributed by atoms with E-state index in [0.29, 0.717) is 19.4 Å². The van der Waals surface area contributed by atoms with Gasteiger partial charge in [-0.1, -0.05) is 162 Å². The smallest absolute Gasteiger partial charge is 0.303 e. The normalized spacial score (nSPS) is 19.8. The Kier molecular flexibility index (Phi) is 30.3. The average molecular weight is 770 g/mol. The number of amides is 3. The lowest BCUT2D eigenvalue weighted by atomic mass is 9.94. The maximum atomic E-state index is 13.8.